The lowest BCUT2D eigenvalue weighted by Gasteiger charge is -2.10. The minimum atomic E-state index is -0.358. The molecular formula is C23H15BrN4O3. The number of carbonyl (C=O) groups excluding carboxylic acids is 1. The molecule has 0 saturated heterocycles. The average Bonchev–Trinajstić information content (AvgIpc) is 3.47. The maximum atomic E-state index is 12.4. The summed E-state index contributed by atoms with van der Waals surface area (Å²) in [5.74, 6) is 1.17. The monoisotopic (exact) mass is 474 g/mol. The first-order valence-electron chi connectivity index (χ1n) is 9.39. The van der Waals surface area contributed by atoms with Gasteiger partial charge in [-0.25, -0.2) is 14.8 Å². The predicted octanol–water partition coefficient (Wildman–Crippen LogP) is 6.56. The standard InChI is InChI=1S/C23H15BrN4O3/c24-14-4-1-5-15(12-14)25-23(29)26-16-8-9-17-18(13-16)28-22(20-7-3-11-31-20)21(27-17)19-6-2-10-30-19/h1-13H,(H2,25,26,29). The van der Waals surface area contributed by atoms with Crippen molar-refractivity contribution < 1.29 is 13.6 Å². The van der Waals surface area contributed by atoms with Crippen molar-refractivity contribution in [3.63, 3.8) is 0 Å². The van der Waals surface area contributed by atoms with Crippen molar-refractivity contribution in [2.24, 2.45) is 0 Å². The zero-order valence-corrected chi connectivity index (χ0v) is 17.6. The van der Waals surface area contributed by atoms with Gasteiger partial charge in [-0.1, -0.05) is 22.0 Å². The third kappa shape index (κ3) is 4.06. The highest BCUT2D eigenvalue weighted by Gasteiger charge is 2.17. The summed E-state index contributed by atoms with van der Waals surface area (Å²) >= 11 is 3.39. The van der Waals surface area contributed by atoms with Crippen LogP contribution in [0.3, 0.4) is 0 Å². The molecule has 31 heavy (non-hydrogen) atoms. The van der Waals surface area contributed by atoms with Gasteiger partial charge in [-0.3, -0.25) is 0 Å². The van der Waals surface area contributed by atoms with Gasteiger partial charge >= 0.3 is 6.03 Å². The Bertz CT molecular complexity index is 1370. The molecule has 0 aliphatic rings. The van der Waals surface area contributed by atoms with Crippen LogP contribution < -0.4 is 10.6 Å². The molecule has 0 aliphatic carbocycles. The second kappa shape index (κ2) is 8.08. The van der Waals surface area contributed by atoms with Gasteiger partial charge in [0.25, 0.3) is 0 Å². The average molecular weight is 475 g/mol. The fourth-order valence-electron chi connectivity index (χ4n) is 3.16. The van der Waals surface area contributed by atoms with Crippen molar-refractivity contribution in [3.8, 4) is 22.9 Å². The maximum Gasteiger partial charge on any atom is 0.323 e. The van der Waals surface area contributed by atoms with E-state index in [2.05, 4.69) is 26.6 Å². The van der Waals surface area contributed by atoms with Crippen LogP contribution in [-0.2, 0) is 0 Å². The quantitative estimate of drug-likeness (QED) is 0.307. The minimum absolute atomic E-state index is 0.358. The van der Waals surface area contributed by atoms with Crippen LogP contribution in [0.25, 0.3) is 33.9 Å². The van der Waals surface area contributed by atoms with Gasteiger partial charge in [0.05, 0.1) is 23.6 Å². The normalized spacial score (nSPS) is 10.9. The van der Waals surface area contributed by atoms with Crippen LogP contribution in [0.2, 0.25) is 0 Å². The number of hydrogen-bond acceptors (Lipinski definition) is 5. The predicted molar refractivity (Wildman–Crippen MR) is 122 cm³/mol. The summed E-state index contributed by atoms with van der Waals surface area (Å²) in [5.41, 5.74) is 3.69. The number of halogens is 1. The maximum absolute atomic E-state index is 12.4. The molecule has 8 heteroatoms. The first-order valence-corrected chi connectivity index (χ1v) is 10.2. The first-order chi connectivity index (χ1) is 15.2. The highest BCUT2D eigenvalue weighted by molar-refractivity contribution is 9.10. The van der Waals surface area contributed by atoms with E-state index in [1.165, 1.54) is 0 Å². The fraction of sp³-hybridized carbons (Fsp3) is 0. The van der Waals surface area contributed by atoms with Crippen molar-refractivity contribution in [2.45, 2.75) is 0 Å². The molecule has 2 aromatic carbocycles. The number of anilines is 2. The molecule has 0 unspecified atom stereocenters. The van der Waals surface area contributed by atoms with Gasteiger partial charge in [0.1, 0.15) is 11.4 Å². The van der Waals surface area contributed by atoms with Crippen LogP contribution in [0, 0.1) is 0 Å². The molecule has 3 heterocycles. The third-order valence-corrected chi connectivity index (χ3v) is 5.01. The van der Waals surface area contributed by atoms with Crippen LogP contribution in [-0.4, -0.2) is 16.0 Å². The number of carbonyl (C=O) groups is 1. The van der Waals surface area contributed by atoms with Gasteiger partial charge in [0.15, 0.2) is 11.5 Å². The summed E-state index contributed by atoms with van der Waals surface area (Å²) < 4.78 is 12.0. The van der Waals surface area contributed by atoms with E-state index in [9.17, 15) is 4.79 Å². The summed E-state index contributed by atoms with van der Waals surface area (Å²) in [6.45, 7) is 0. The number of hydrogen-bond donors (Lipinski definition) is 2. The van der Waals surface area contributed by atoms with E-state index >= 15 is 0 Å². The minimum Gasteiger partial charge on any atom is -0.463 e. The van der Waals surface area contributed by atoms with Gasteiger partial charge in [0.2, 0.25) is 0 Å². The Morgan fingerprint density at radius 2 is 1.39 bits per heavy atom. The number of urea groups is 1. The Morgan fingerprint density at radius 1 is 0.742 bits per heavy atom. The van der Waals surface area contributed by atoms with Gasteiger partial charge in [-0.15, -0.1) is 0 Å². The van der Waals surface area contributed by atoms with Crippen LogP contribution >= 0.6 is 15.9 Å². The lowest BCUT2D eigenvalue weighted by atomic mass is 10.1. The first kappa shape index (κ1) is 19.1. The second-order valence-electron chi connectivity index (χ2n) is 6.67. The van der Waals surface area contributed by atoms with E-state index in [1.54, 1.807) is 42.9 Å². The van der Waals surface area contributed by atoms with Crippen molar-refractivity contribution in [3.05, 3.63) is 83.7 Å². The van der Waals surface area contributed by atoms with E-state index in [-0.39, 0.29) is 6.03 Å². The van der Waals surface area contributed by atoms with Gasteiger partial charge in [0, 0.05) is 15.8 Å². The highest BCUT2D eigenvalue weighted by atomic mass is 79.9. The lowest BCUT2D eigenvalue weighted by molar-refractivity contribution is 0.262. The summed E-state index contributed by atoms with van der Waals surface area (Å²) in [6.07, 6.45) is 3.17. The smallest absolute Gasteiger partial charge is 0.323 e. The van der Waals surface area contributed by atoms with Crippen LogP contribution in [0.4, 0.5) is 16.2 Å². The molecule has 152 valence electrons. The molecule has 0 saturated carbocycles. The molecule has 0 atom stereocenters. The number of amides is 2. The number of rotatable bonds is 4. The van der Waals surface area contributed by atoms with Gasteiger partial charge in [-0.2, -0.15) is 0 Å². The number of aromatic nitrogens is 2. The Hall–Kier alpha value is -3.91. The topological polar surface area (TPSA) is 93.2 Å². The van der Waals surface area contributed by atoms with Crippen molar-refractivity contribution in [1.29, 1.82) is 0 Å². The molecule has 0 bridgehead atoms. The molecular weight excluding hydrogens is 460 g/mol. The van der Waals surface area contributed by atoms with Crippen LogP contribution in [0.1, 0.15) is 0 Å². The van der Waals surface area contributed by atoms with E-state index < -0.39 is 0 Å². The SMILES string of the molecule is O=C(Nc1cccc(Br)c1)Nc1ccc2nc(-c3ccco3)c(-c3ccco3)nc2c1. The molecule has 0 radical (unpaired) electrons. The molecule has 2 amide bonds. The Balaban J connectivity index is 1.48. The second-order valence-corrected chi connectivity index (χ2v) is 7.58. The zero-order valence-electron chi connectivity index (χ0n) is 16.0. The van der Waals surface area contributed by atoms with E-state index in [0.29, 0.717) is 45.3 Å². The Labute approximate surface area is 185 Å². The van der Waals surface area contributed by atoms with Crippen molar-refractivity contribution in [2.75, 3.05) is 10.6 Å². The molecule has 3 aromatic heterocycles. The third-order valence-electron chi connectivity index (χ3n) is 4.51. The van der Waals surface area contributed by atoms with Crippen molar-refractivity contribution >= 4 is 44.4 Å². The molecule has 0 fully saturated rings. The molecule has 0 spiro atoms. The highest BCUT2D eigenvalue weighted by Crippen LogP contribution is 2.32. The molecule has 5 aromatic rings. The number of nitrogens with one attached hydrogen (secondary N) is 2. The Kier molecular flexibility index (Phi) is 4.97. The van der Waals surface area contributed by atoms with E-state index in [4.69, 9.17) is 18.8 Å². The zero-order chi connectivity index (χ0) is 21.2. The number of fused-ring (bicyclic) bond motifs is 1. The largest absolute Gasteiger partial charge is 0.463 e. The van der Waals surface area contributed by atoms with Gasteiger partial charge < -0.3 is 19.5 Å². The molecule has 7 nitrogen and oxygen atoms in total. The van der Waals surface area contributed by atoms with Crippen LogP contribution in [0.5, 0.6) is 0 Å². The summed E-state index contributed by atoms with van der Waals surface area (Å²) in [4.78, 5) is 21.9. The van der Waals surface area contributed by atoms with E-state index in [0.717, 1.165) is 4.47 Å². The van der Waals surface area contributed by atoms with E-state index in [1.807, 2.05) is 36.4 Å². The van der Waals surface area contributed by atoms with Gasteiger partial charge in [-0.05, 0) is 60.7 Å². The molecule has 0 aliphatic heterocycles. The number of benzene rings is 2. The number of nitrogens with zero attached hydrogens (tertiary/aromatic N) is 2. The fourth-order valence-corrected chi connectivity index (χ4v) is 3.56. The summed E-state index contributed by atoms with van der Waals surface area (Å²) in [5, 5.41) is 5.62. The number of furan rings is 2. The van der Waals surface area contributed by atoms with Crippen LogP contribution in [0.15, 0.2) is 92.6 Å². The molecule has 2 N–H and O–H groups in total. The lowest BCUT2D eigenvalue weighted by Crippen LogP contribution is -2.19. The summed E-state index contributed by atoms with van der Waals surface area (Å²) in [7, 11) is 0. The summed E-state index contributed by atoms with van der Waals surface area (Å²) in [6, 6.07) is 19.6. The Morgan fingerprint density at radius 3 is 2.00 bits per heavy atom. The van der Waals surface area contributed by atoms with Crippen molar-refractivity contribution in [1.82, 2.24) is 9.97 Å². The molecule has 5 rings (SSSR count).